The molecule has 0 spiro atoms. The van der Waals surface area contributed by atoms with Crippen LogP contribution in [0, 0.1) is 5.82 Å². The Kier molecular flexibility index (Phi) is 8.16. The van der Waals surface area contributed by atoms with E-state index < -0.39 is 29.8 Å². The lowest BCUT2D eigenvalue weighted by molar-refractivity contribution is -0.122. The molecule has 7 nitrogen and oxygen atoms in total. The van der Waals surface area contributed by atoms with Crippen LogP contribution in [0.25, 0.3) is 0 Å². The molecule has 0 aliphatic rings. The van der Waals surface area contributed by atoms with Crippen LogP contribution in [0.3, 0.4) is 0 Å². The van der Waals surface area contributed by atoms with Gasteiger partial charge >= 0.3 is 0 Å². The van der Waals surface area contributed by atoms with E-state index >= 15 is 0 Å². The van der Waals surface area contributed by atoms with Gasteiger partial charge in [-0.3, -0.25) is 14.6 Å². The molecule has 1 aromatic heterocycles. The minimum atomic E-state index is -2.77. The van der Waals surface area contributed by atoms with Crippen LogP contribution in [0.1, 0.15) is 29.0 Å². The topological polar surface area (TPSA) is 84.4 Å². The maximum Gasteiger partial charge on any atom is 0.281 e. The first-order valence-corrected chi connectivity index (χ1v) is 8.96. The molecular weight excluding hydrogens is 425 g/mol. The van der Waals surface area contributed by atoms with E-state index in [0.717, 1.165) is 18.5 Å². The van der Waals surface area contributed by atoms with Gasteiger partial charge in [0.15, 0.2) is 6.61 Å². The molecule has 11 heteroatoms. The van der Waals surface area contributed by atoms with E-state index in [1.807, 2.05) is 0 Å². The molecular formula is C19H18ClF3N4O3. The third-order valence-electron chi connectivity index (χ3n) is 3.79. The van der Waals surface area contributed by atoms with Crippen LogP contribution in [0.4, 0.5) is 13.2 Å². The van der Waals surface area contributed by atoms with E-state index in [-0.39, 0.29) is 36.0 Å². The van der Waals surface area contributed by atoms with Gasteiger partial charge in [0.1, 0.15) is 23.0 Å². The van der Waals surface area contributed by atoms with Gasteiger partial charge in [0, 0.05) is 31.8 Å². The highest BCUT2D eigenvalue weighted by molar-refractivity contribution is 6.30. The Morgan fingerprint density at radius 3 is 2.63 bits per heavy atom. The fraction of sp³-hybridized carbons (Fsp3) is 0.263. The monoisotopic (exact) mass is 442 g/mol. The zero-order valence-electron chi connectivity index (χ0n) is 15.9. The van der Waals surface area contributed by atoms with Gasteiger partial charge in [0.05, 0.1) is 17.4 Å². The predicted molar refractivity (Wildman–Crippen MR) is 103 cm³/mol. The fourth-order valence-corrected chi connectivity index (χ4v) is 2.29. The first-order valence-electron chi connectivity index (χ1n) is 8.58. The van der Waals surface area contributed by atoms with Gasteiger partial charge in [-0.2, -0.15) is 0 Å². The molecule has 0 saturated carbocycles. The molecule has 0 aliphatic heterocycles. The highest BCUT2D eigenvalue weighted by atomic mass is 35.5. The van der Waals surface area contributed by atoms with E-state index in [2.05, 4.69) is 21.9 Å². The van der Waals surface area contributed by atoms with Crippen LogP contribution in [0.2, 0.25) is 5.02 Å². The fourth-order valence-electron chi connectivity index (χ4n) is 2.17. The molecule has 0 bridgehead atoms. The number of aromatic nitrogens is 2. The number of amides is 2. The van der Waals surface area contributed by atoms with Crippen molar-refractivity contribution in [1.29, 1.82) is 0 Å². The molecule has 1 N–H and O–H groups in total. The van der Waals surface area contributed by atoms with Crippen LogP contribution in [-0.4, -0.2) is 46.9 Å². The predicted octanol–water partition coefficient (Wildman–Crippen LogP) is 3.38. The van der Waals surface area contributed by atoms with Crippen molar-refractivity contribution in [2.45, 2.75) is 12.8 Å². The molecule has 2 aromatic rings. The van der Waals surface area contributed by atoms with Gasteiger partial charge in [0.2, 0.25) is 0 Å². The molecule has 0 fully saturated rings. The Hall–Kier alpha value is -3.14. The molecule has 1 heterocycles. The summed E-state index contributed by atoms with van der Waals surface area (Å²) < 4.78 is 43.5. The first kappa shape index (κ1) is 23.1. The normalized spacial score (nSPS) is 10.6. The Morgan fingerprint density at radius 1 is 1.30 bits per heavy atom. The minimum absolute atomic E-state index is 0.0604. The number of alkyl halides is 2. The summed E-state index contributed by atoms with van der Waals surface area (Å²) in [5.74, 6) is -1.56. The van der Waals surface area contributed by atoms with Crippen LogP contribution >= 0.6 is 11.6 Å². The number of nitrogens with zero attached hydrogens (tertiary/aromatic N) is 3. The largest absolute Gasteiger partial charge is 0.484 e. The van der Waals surface area contributed by atoms with Crippen molar-refractivity contribution < 1.29 is 27.5 Å². The third kappa shape index (κ3) is 6.73. The van der Waals surface area contributed by atoms with Crippen molar-refractivity contribution in [1.82, 2.24) is 20.2 Å². The van der Waals surface area contributed by atoms with E-state index in [9.17, 15) is 22.8 Å². The number of hydrogen-bond donors (Lipinski definition) is 1. The maximum atomic E-state index is 13.3. The zero-order valence-corrected chi connectivity index (χ0v) is 16.6. The number of carbonyl (C=O) groups excluding carboxylic acids is 2. The lowest BCUT2D eigenvalue weighted by Gasteiger charge is -2.17. The molecule has 0 unspecified atom stereocenters. The summed E-state index contributed by atoms with van der Waals surface area (Å²) >= 11 is 5.57. The summed E-state index contributed by atoms with van der Waals surface area (Å²) in [5, 5.41) is 2.44. The maximum absolute atomic E-state index is 13.3. The van der Waals surface area contributed by atoms with Crippen molar-refractivity contribution in [3.05, 3.63) is 65.1 Å². The molecule has 160 valence electrons. The molecule has 2 amide bonds. The highest BCUT2D eigenvalue weighted by Crippen LogP contribution is 2.20. The highest BCUT2D eigenvalue weighted by Gasteiger charge is 2.16. The number of ether oxygens (including phenoxy) is 1. The van der Waals surface area contributed by atoms with Crippen molar-refractivity contribution >= 4 is 23.4 Å². The number of carbonyl (C=O) groups is 2. The Bertz CT molecular complexity index is 926. The van der Waals surface area contributed by atoms with E-state index in [1.165, 1.54) is 24.1 Å². The second-order valence-corrected chi connectivity index (χ2v) is 6.53. The lowest BCUT2D eigenvalue weighted by Crippen LogP contribution is -2.32. The van der Waals surface area contributed by atoms with Crippen LogP contribution in [0.5, 0.6) is 5.75 Å². The van der Waals surface area contributed by atoms with E-state index in [4.69, 9.17) is 16.3 Å². The SMILES string of the molecule is C=C(CCN(C)C(=O)c1cnc(C(F)F)cn1)NC(=O)COc1ccc(Cl)c(F)c1. The number of hydrogen-bond acceptors (Lipinski definition) is 5. The summed E-state index contributed by atoms with van der Waals surface area (Å²) in [4.78, 5) is 32.6. The summed E-state index contributed by atoms with van der Waals surface area (Å²) in [6.45, 7) is 3.50. The Balaban J connectivity index is 1.76. The number of rotatable bonds is 9. The summed E-state index contributed by atoms with van der Waals surface area (Å²) in [6, 6.07) is 3.79. The lowest BCUT2D eigenvalue weighted by atomic mass is 10.3. The molecule has 2 rings (SSSR count). The summed E-state index contributed by atoms with van der Waals surface area (Å²) in [7, 11) is 1.48. The van der Waals surface area contributed by atoms with Gasteiger partial charge in [-0.15, -0.1) is 0 Å². The average Bonchev–Trinajstić information content (AvgIpc) is 2.72. The molecule has 1 aromatic carbocycles. The molecule has 0 aliphatic carbocycles. The van der Waals surface area contributed by atoms with Crippen LogP contribution < -0.4 is 10.1 Å². The first-order chi connectivity index (χ1) is 14.2. The van der Waals surface area contributed by atoms with Gasteiger partial charge < -0.3 is 15.0 Å². The minimum Gasteiger partial charge on any atom is -0.484 e. The molecule has 0 atom stereocenters. The molecule has 0 saturated heterocycles. The van der Waals surface area contributed by atoms with E-state index in [1.54, 1.807) is 0 Å². The standard InChI is InChI=1S/C19H18ClF3N4O3/c1-11(26-17(28)10-30-12-3-4-13(20)14(21)7-12)5-6-27(2)19(29)16-9-24-15(8-25-16)18(22)23/h3-4,7-9,18H,1,5-6,10H2,2H3,(H,26,28). The number of halogens is 4. The third-order valence-corrected chi connectivity index (χ3v) is 4.09. The van der Waals surface area contributed by atoms with Crippen molar-refractivity contribution in [3.8, 4) is 5.75 Å². The summed E-state index contributed by atoms with van der Waals surface area (Å²) in [5.41, 5.74) is -0.279. The van der Waals surface area contributed by atoms with Gasteiger partial charge in [0.25, 0.3) is 18.2 Å². The average molecular weight is 443 g/mol. The Morgan fingerprint density at radius 2 is 2.03 bits per heavy atom. The molecule has 0 radical (unpaired) electrons. The number of benzene rings is 1. The van der Waals surface area contributed by atoms with Gasteiger partial charge in [-0.1, -0.05) is 18.2 Å². The van der Waals surface area contributed by atoms with Gasteiger partial charge in [-0.25, -0.2) is 18.2 Å². The van der Waals surface area contributed by atoms with Crippen molar-refractivity contribution in [3.63, 3.8) is 0 Å². The van der Waals surface area contributed by atoms with E-state index in [0.29, 0.717) is 5.70 Å². The quantitative estimate of drug-likeness (QED) is 0.643. The van der Waals surface area contributed by atoms with Gasteiger partial charge in [-0.05, 0) is 12.1 Å². The van der Waals surface area contributed by atoms with Crippen molar-refractivity contribution in [2.24, 2.45) is 0 Å². The molecule has 30 heavy (non-hydrogen) atoms. The van der Waals surface area contributed by atoms with Crippen molar-refractivity contribution in [2.75, 3.05) is 20.2 Å². The van der Waals surface area contributed by atoms with Crippen LogP contribution in [-0.2, 0) is 4.79 Å². The number of nitrogens with one attached hydrogen (secondary N) is 1. The zero-order chi connectivity index (χ0) is 22.3. The summed E-state index contributed by atoms with van der Waals surface area (Å²) in [6.07, 6.45) is -0.716. The second kappa shape index (κ2) is 10.6. The smallest absolute Gasteiger partial charge is 0.281 e. The Labute approximate surface area is 175 Å². The van der Waals surface area contributed by atoms with Crippen LogP contribution in [0.15, 0.2) is 42.9 Å². The second-order valence-electron chi connectivity index (χ2n) is 6.12.